The Bertz CT molecular complexity index is 678. The summed E-state index contributed by atoms with van der Waals surface area (Å²) in [6.45, 7) is 0.952. The van der Waals surface area contributed by atoms with E-state index in [0.717, 1.165) is 11.3 Å². The third kappa shape index (κ3) is 6.18. The van der Waals surface area contributed by atoms with Crippen LogP contribution in [0.2, 0.25) is 0 Å². The number of nitrogens with zero attached hydrogens (tertiary/aromatic N) is 1. The number of ether oxygens (including phenoxy) is 2. The minimum atomic E-state index is -0.393. The second kappa shape index (κ2) is 9.20. The van der Waals surface area contributed by atoms with Crippen LogP contribution in [0.3, 0.4) is 0 Å². The van der Waals surface area contributed by atoms with Gasteiger partial charge in [0.25, 0.3) is 0 Å². The molecule has 0 atom stereocenters. The summed E-state index contributed by atoms with van der Waals surface area (Å²) in [6.07, 6.45) is 4.78. The van der Waals surface area contributed by atoms with Gasteiger partial charge in [0.05, 0.1) is 13.7 Å². The lowest BCUT2D eigenvalue weighted by Gasteiger charge is -2.03. The lowest BCUT2D eigenvalue weighted by molar-refractivity contribution is -0.134. The lowest BCUT2D eigenvalue weighted by atomic mass is 10.2. The fourth-order valence-electron chi connectivity index (χ4n) is 1.88. The van der Waals surface area contributed by atoms with Gasteiger partial charge in [-0.15, -0.1) is 0 Å². The zero-order valence-electron chi connectivity index (χ0n) is 13.0. The molecule has 118 valence electrons. The number of aliphatic imine (C=N–C) groups is 1. The molecule has 0 aliphatic rings. The molecule has 2 aromatic carbocycles. The van der Waals surface area contributed by atoms with Crippen LogP contribution in [0.5, 0.6) is 5.75 Å². The molecular formula is C19H19NO3. The van der Waals surface area contributed by atoms with Gasteiger partial charge >= 0.3 is 5.97 Å². The quantitative estimate of drug-likeness (QED) is 0.447. The largest absolute Gasteiger partial charge is 0.490 e. The number of carbonyl (C=O) groups is 1. The van der Waals surface area contributed by atoms with Gasteiger partial charge in [-0.1, -0.05) is 42.5 Å². The molecule has 0 saturated carbocycles. The highest BCUT2D eigenvalue weighted by molar-refractivity contribution is 5.81. The van der Waals surface area contributed by atoms with Crippen LogP contribution in [0, 0.1) is 0 Å². The van der Waals surface area contributed by atoms with Crippen LogP contribution in [-0.2, 0) is 16.1 Å². The summed E-state index contributed by atoms with van der Waals surface area (Å²) >= 11 is 0. The van der Waals surface area contributed by atoms with Crippen molar-refractivity contribution in [2.75, 3.05) is 13.7 Å². The van der Waals surface area contributed by atoms with E-state index < -0.39 is 5.97 Å². The smallest absolute Gasteiger partial charge is 0.330 e. The number of methoxy groups -OCH3 is 1. The van der Waals surface area contributed by atoms with E-state index in [-0.39, 0.29) is 0 Å². The molecule has 23 heavy (non-hydrogen) atoms. The minimum Gasteiger partial charge on any atom is -0.490 e. The van der Waals surface area contributed by atoms with E-state index in [1.165, 1.54) is 18.7 Å². The van der Waals surface area contributed by atoms with Crippen LogP contribution in [0.25, 0.3) is 0 Å². The van der Waals surface area contributed by atoms with Gasteiger partial charge in [-0.25, -0.2) is 4.79 Å². The Labute approximate surface area is 136 Å². The topological polar surface area (TPSA) is 47.9 Å². The molecule has 4 heteroatoms. The molecule has 2 aromatic rings. The molecule has 0 radical (unpaired) electrons. The Morgan fingerprint density at radius 1 is 1.13 bits per heavy atom. The summed E-state index contributed by atoms with van der Waals surface area (Å²) in [6, 6.07) is 17.7. The van der Waals surface area contributed by atoms with Crippen LogP contribution in [0.15, 0.2) is 71.7 Å². The highest BCUT2D eigenvalue weighted by atomic mass is 16.5. The fourth-order valence-corrected chi connectivity index (χ4v) is 1.88. The van der Waals surface area contributed by atoms with Crippen molar-refractivity contribution in [3.05, 3.63) is 77.9 Å². The van der Waals surface area contributed by atoms with Crippen LogP contribution in [-0.4, -0.2) is 25.9 Å². The summed E-state index contributed by atoms with van der Waals surface area (Å²) < 4.78 is 10.1. The first-order chi connectivity index (χ1) is 11.3. The molecule has 0 bridgehead atoms. The number of hydrogen-bond acceptors (Lipinski definition) is 4. The van der Waals surface area contributed by atoms with Crippen molar-refractivity contribution in [3.8, 4) is 5.75 Å². The molecule has 0 unspecified atom stereocenters. The second-order valence-corrected chi connectivity index (χ2v) is 4.76. The van der Waals surface area contributed by atoms with Crippen LogP contribution in [0.4, 0.5) is 0 Å². The van der Waals surface area contributed by atoms with Crippen molar-refractivity contribution < 1.29 is 14.3 Å². The first-order valence-electron chi connectivity index (χ1n) is 7.29. The van der Waals surface area contributed by atoms with Crippen molar-refractivity contribution in [2.45, 2.75) is 6.54 Å². The summed E-state index contributed by atoms with van der Waals surface area (Å²) in [4.78, 5) is 15.4. The molecule has 0 aliphatic carbocycles. The summed E-state index contributed by atoms with van der Waals surface area (Å²) in [5.74, 6) is 0.332. The summed E-state index contributed by atoms with van der Waals surface area (Å²) in [5, 5.41) is 0. The van der Waals surface area contributed by atoms with Gasteiger partial charge in [-0.3, -0.25) is 4.99 Å². The number of carbonyl (C=O) groups excluding carboxylic acids is 1. The van der Waals surface area contributed by atoms with E-state index in [0.29, 0.717) is 13.2 Å². The van der Waals surface area contributed by atoms with Gasteiger partial charge in [-0.2, -0.15) is 0 Å². The van der Waals surface area contributed by atoms with Crippen LogP contribution < -0.4 is 4.74 Å². The SMILES string of the molecule is COC(=O)/C=C/COc1cccc(C=NCc2ccccc2)c1. The fraction of sp³-hybridized carbons (Fsp3) is 0.158. The predicted molar refractivity (Wildman–Crippen MR) is 90.8 cm³/mol. The average Bonchev–Trinajstić information content (AvgIpc) is 2.60. The highest BCUT2D eigenvalue weighted by Crippen LogP contribution is 2.12. The summed E-state index contributed by atoms with van der Waals surface area (Å²) in [5.41, 5.74) is 2.14. The van der Waals surface area contributed by atoms with Crippen molar-refractivity contribution in [1.82, 2.24) is 0 Å². The van der Waals surface area contributed by atoms with Gasteiger partial charge in [0.1, 0.15) is 12.4 Å². The van der Waals surface area contributed by atoms with E-state index in [1.54, 1.807) is 6.08 Å². The highest BCUT2D eigenvalue weighted by Gasteiger charge is 1.95. The molecule has 0 spiro atoms. The molecule has 4 nitrogen and oxygen atoms in total. The van der Waals surface area contributed by atoms with Gasteiger partial charge in [-0.05, 0) is 29.3 Å². The molecule has 0 aromatic heterocycles. The second-order valence-electron chi connectivity index (χ2n) is 4.76. The maximum Gasteiger partial charge on any atom is 0.330 e. The Hall–Kier alpha value is -2.88. The van der Waals surface area contributed by atoms with Crippen molar-refractivity contribution in [1.29, 1.82) is 0 Å². The van der Waals surface area contributed by atoms with Gasteiger partial charge < -0.3 is 9.47 Å². The molecule has 0 heterocycles. The zero-order chi connectivity index (χ0) is 16.3. The Kier molecular flexibility index (Phi) is 6.60. The molecular weight excluding hydrogens is 290 g/mol. The average molecular weight is 309 g/mol. The van der Waals surface area contributed by atoms with Gasteiger partial charge in [0.2, 0.25) is 0 Å². The standard InChI is InChI=1S/C19H19NO3/c1-22-19(21)11-6-12-23-18-10-5-9-17(13-18)15-20-14-16-7-3-2-4-8-16/h2-11,13,15H,12,14H2,1H3/b11-6+,20-15?. The van der Waals surface area contributed by atoms with Gasteiger partial charge in [0, 0.05) is 12.3 Å². The minimum absolute atomic E-state index is 0.305. The third-order valence-corrected chi connectivity index (χ3v) is 3.02. The molecule has 0 saturated heterocycles. The number of esters is 1. The number of hydrogen-bond donors (Lipinski definition) is 0. The maximum absolute atomic E-state index is 10.9. The van der Waals surface area contributed by atoms with Gasteiger partial charge in [0.15, 0.2) is 0 Å². The molecule has 0 aliphatic heterocycles. The molecule has 2 rings (SSSR count). The Morgan fingerprint density at radius 3 is 2.74 bits per heavy atom. The van der Waals surface area contributed by atoms with E-state index in [1.807, 2.05) is 60.8 Å². The van der Waals surface area contributed by atoms with Crippen molar-refractivity contribution in [2.24, 2.45) is 4.99 Å². The summed E-state index contributed by atoms with van der Waals surface area (Å²) in [7, 11) is 1.34. The molecule has 0 amide bonds. The monoisotopic (exact) mass is 309 g/mol. The normalized spacial score (nSPS) is 11.0. The first kappa shape index (κ1) is 16.5. The van der Waals surface area contributed by atoms with Crippen molar-refractivity contribution >= 4 is 12.2 Å². The van der Waals surface area contributed by atoms with E-state index in [9.17, 15) is 4.79 Å². The van der Waals surface area contributed by atoms with E-state index in [2.05, 4.69) is 9.73 Å². The Balaban J connectivity index is 1.87. The Morgan fingerprint density at radius 2 is 1.96 bits per heavy atom. The number of benzene rings is 2. The van der Waals surface area contributed by atoms with Crippen LogP contribution in [0.1, 0.15) is 11.1 Å². The third-order valence-electron chi connectivity index (χ3n) is 3.02. The molecule has 0 fully saturated rings. The molecule has 0 N–H and O–H groups in total. The predicted octanol–water partition coefficient (Wildman–Crippen LogP) is 3.41. The van der Waals surface area contributed by atoms with E-state index >= 15 is 0 Å². The van der Waals surface area contributed by atoms with Crippen LogP contribution >= 0.6 is 0 Å². The zero-order valence-corrected chi connectivity index (χ0v) is 13.0. The van der Waals surface area contributed by atoms with Crippen molar-refractivity contribution in [3.63, 3.8) is 0 Å². The van der Waals surface area contributed by atoms with E-state index in [4.69, 9.17) is 4.74 Å². The lowest BCUT2D eigenvalue weighted by Crippen LogP contribution is -1.98. The first-order valence-corrected chi connectivity index (χ1v) is 7.29. The maximum atomic E-state index is 10.9. The number of rotatable bonds is 7.